The molecule has 1 saturated heterocycles. The molecule has 1 aliphatic heterocycles. The zero-order chi connectivity index (χ0) is 24.2. The molecular formula is C25H18BrNO5S2. The normalized spacial score (nSPS) is 14.5. The molecule has 0 bridgehead atoms. The number of amides is 1. The van der Waals surface area contributed by atoms with E-state index < -0.39 is 5.97 Å². The lowest BCUT2D eigenvalue weighted by Gasteiger charge is -2.15. The van der Waals surface area contributed by atoms with Gasteiger partial charge in [0.15, 0.2) is 15.8 Å². The maximum absolute atomic E-state index is 13.1. The lowest BCUT2D eigenvalue weighted by molar-refractivity contribution is -0.113. The van der Waals surface area contributed by atoms with Crippen molar-refractivity contribution in [3.05, 3.63) is 92.8 Å². The number of carboxylic acids is 1. The molecule has 1 fully saturated rings. The molecule has 0 atom stereocenters. The summed E-state index contributed by atoms with van der Waals surface area (Å²) in [7, 11) is 1.55. The van der Waals surface area contributed by atoms with Gasteiger partial charge in [0.05, 0.1) is 27.7 Å². The van der Waals surface area contributed by atoms with E-state index >= 15 is 0 Å². The molecule has 6 nitrogen and oxygen atoms in total. The second kappa shape index (κ2) is 10.4. The minimum absolute atomic E-state index is 0.0790. The van der Waals surface area contributed by atoms with E-state index in [0.717, 1.165) is 22.9 Å². The molecule has 0 unspecified atom stereocenters. The first-order chi connectivity index (χ1) is 16.4. The standard InChI is InChI=1S/C25H18BrNO5S2/c1-31-20-11-16(10-19(26)22(20)32-14-15-6-3-2-4-7-15)12-21-23(28)27(25(33)34-21)18-9-5-8-17(13-18)24(29)30/h2-13H,14H2,1H3,(H,29,30)/b21-12+. The largest absolute Gasteiger partial charge is 0.493 e. The number of aromatic carboxylic acids is 1. The van der Waals surface area contributed by atoms with Crippen molar-refractivity contribution in [2.75, 3.05) is 12.0 Å². The van der Waals surface area contributed by atoms with Crippen LogP contribution in [-0.4, -0.2) is 28.4 Å². The predicted molar refractivity (Wildman–Crippen MR) is 141 cm³/mol. The predicted octanol–water partition coefficient (Wildman–Crippen LogP) is 6.14. The molecule has 0 radical (unpaired) electrons. The highest BCUT2D eigenvalue weighted by molar-refractivity contribution is 9.10. The highest BCUT2D eigenvalue weighted by atomic mass is 79.9. The molecule has 9 heteroatoms. The Kier molecular flexibility index (Phi) is 7.35. The summed E-state index contributed by atoms with van der Waals surface area (Å²) < 4.78 is 12.5. The van der Waals surface area contributed by atoms with Crippen LogP contribution in [0, 0.1) is 0 Å². The van der Waals surface area contributed by atoms with Crippen LogP contribution in [0.15, 0.2) is 76.1 Å². The second-order valence-electron chi connectivity index (χ2n) is 7.18. The van der Waals surface area contributed by atoms with E-state index in [1.54, 1.807) is 31.4 Å². The van der Waals surface area contributed by atoms with Crippen molar-refractivity contribution >= 4 is 67.9 Å². The van der Waals surface area contributed by atoms with Gasteiger partial charge in [0.2, 0.25) is 0 Å². The van der Waals surface area contributed by atoms with Gasteiger partial charge in [0, 0.05) is 0 Å². The van der Waals surface area contributed by atoms with Gasteiger partial charge >= 0.3 is 5.97 Å². The van der Waals surface area contributed by atoms with E-state index in [2.05, 4.69) is 15.9 Å². The number of carbonyl (C=O) groups is 2. The zero-order valence-corrected chi connectivity index (χ0v) is 21.1. The fraction of sp³-hybridized carbons (Fsp3) is 0.0800. The number of nitrogens with zero attached hydrogens (tertiary/aromatic N) is 1. The fourth-order valence-corrected chi connectivity index (χ4v) is 5.19. The molecule has 0 saturated carbocycles. The second-order valence-corrected chi connectivity index (χ2v) is 9.71. The molecule has 0 aliphatic carbocycles. The minimum Gasteiger partial charge on any atom is -0.493 e. The number of thiocarbonyl (C=S) groups is 1. The van der Waals surface area contributed by atoms with Gasteiger partial charge in [-0.1, -0.05) is 60.4 Å². The molecule has 34 heavy (non-hydrogen) atoms. The van der Waals surface area contributed by atoms with Crippen LogP contribution < -0.4 is 14.4 Å². The fourth-order valence-electron chi connectivity index (χ4n) is 3.31. The molecule has 172 valence electrons. The lowest BCUT2D eigenvalue weighted by Crippen LogP contribution is -2.27. The van der Waals surface area contributed by atoms with Crippen LogP contribution in [-0.2, 0) is 11.4 Å². The number of rotatable bonds is 7. The Labute approximate surface area is 214 Å². The van der Waals surface area contributed by atoms with Crippen LogP contribution in [0.25, 0.3) is 6.08 Å². The van der Waals surface area contributed by atoms with Gasteiger partial charge in [0.25, 0.3) is 5.91 Å². The van der Waals surface area contributed by atoms with Gasteiger partial charge in [-0.05, 0) is 63.5 Å². The molecule has 1 N–H and O–H groups in total. The average Bonchev–Trinajstić information content (AvgIpc) is 3.11. The first-order valence-electron chi connectivity index (χ1n) is 10.0. The summed E-state index contributed by atoms with van der Waals surface area (Å²) in [5.74, 6) is -0.325. The molecule has 3 aromatic rings. The van der Waals surface area contributed by atoms with Gasteiger partial charge in [-0.3, -0.25) is 9.69 Å². The maximum atomic E-state index is 13.1. The van der Waals surface area contributed by atoms with E-state index in [-0.39, 0.29) is 11.5 Å². The van der Waals surface area contributed by atoms with E-state index in [1.165, 1.54) is 17.0 Å². The summed E-state index contributed by atoms with van der Waals surface area (Å²) in [5, 5.41) is 9.25. The van der Waals surface area contributed by atoms with Crippen molar-refractivity contribution in [3.63, 3.8) is 0 Å². The van der Waals surface area contributed by atoms with Crippen LogP contribution in [0.3, 0.4) is 0 Å². The molecule has 0 aromatic heterocycles. The molecule has 4 rings (SSSR count). The topological polar surface area (TPSA) is 76.1 Å². The Bertz CT molecular complexity index is 1310. The molecule has 1 amide bonds. The minimum atomic E-state index is -1.07. The number of hydrogen-bond acceptors (Lipinski definition) is 6. The average molecular weight is 556 g/mol. The van der Waals surface area contributed by atoms with E-state index in [0.29, 0.717) is 37.5 Å². The van der Waals surface area contributed by atoms with E-state index in [1.807, 2.05) is 36.4 Å². The highest BCUT2D eigenvalue weighted by Gasteiger charge is 2.33. The van der Waals surface area contributed by atoms with Crippen molar-refractivity contribution in [1.82, 2.24) is 0 Å². The molecule has 1 heterocycles. The van der Waals surface area contributed by atoms with Crippen LogP contribution in [0.1, 0.15) is 21.5 Å². The summed E-state index contributed by atoms with van der Waals surface area (Å²) >= 11 is 10.1. The number of thioether (sulfide) groups is 1. The summed E-state index contributed by atoms with van der Waals surface area (Å²) in [6.07, 6.45) is 1.72. The molecule has 1 aliphatic rings. The Morgan fingerprint density at radius 2 is 1.91 bits per heavy atom. The zero-order valence-electron chi connectivity index (χ0n) is 17.9. The van der Waals surface area contributed by atoms with Crippen LogP contribution in [0.4, 0.5) is 5.69 Å². The van der Waals surface area contributed by atoms with Crippen LogP contribution in [0.5, 0.6) is 11.5 Å². The first-order valence-corrected chi connectivity index (χ1v) is 12.0. The van der Waals surface area contributed by atoms with E-state index in [9.17, 15) is 14.7 Å². The van der Waals surface area contributed by atoms with Crippen LogP contribution in [0.2, 0.25) is 0 Å². The summed E-state index contributed by atoms with van der Waals surface area (Å²) in [6, 6.07) is 19.5. The van der Waals surface area contributed by atoms with Gasteiger partial charge in [-0.25, -0.2) is 4.79 Å². The highest BCUT2D eigenvalue weighted by Crippen LogP contribution is 2.40. The first kappa shape index (κ1) is 24.0. The van der Waals surface area contributed by atoms with Crippen molar-refractivity contribution in [3.8, 4) is 11.5 Å². The summed E-state index contributed by atoms with van der Waals surface area (Å²) in [5.41, 5.74) is 2.23. The Morgan fingerprint density at radius 3 is 2.62 bits per heavy atom. The van der Waals surface area contributed by atoms with Crippen molar-refractivity contribution < 1.29 is 24.2 Å². The third kappa shape index (κ3) is 5.16. The van der Waals surface area contributed by atoms with Gasteiger partial charge in [-0.15, -0.1) is 0 Å². The Morgan fingerprint density at radius 1 is 1.15 bits per heavy atom. The van der Waals surface area contributed by atoms with Crippen molar-refractivity contribution in [2.24, 2.45) is 0 Å². The Balaban J connectivity index is 1.59. The van der Waals surface area contributed by atoms with Crippen LogP contribution >= 0.6 is 39.9 Å². The molecule has 3 aromatic carbocycles. The quantitative estimate of drug-likeness (QED) is 0.277. The van der Waals surface area contributed by atoms with Crippen molar-refractivity contribution in [1.29, 1.82) is 0 Å². The summed E-state index contributed by atoms with van der Waals surface area (Å²) in [4.78, 5) is 26.2. The number of benzene rings is 3. The third-order valence-electron chi connectivity index (χ3n) is 4.92. The molecular weight excluding hydrogens is 538 g/mol. The third-order valence-corrected chi connectivity index (χ3v) is 6.81. The number of ether oxygens (including phenoxy) is 2. The van der Waals surface area contributed by atoms with Gasteiger partial charge < -0.3 is 14.6 Å². The van der Waals surface area contributed by atoms with E-state index in [4.69, 9.17) is 21.7 Å². The maximum Gasteiger partial charge on any atom is 0.335 e. The number of anilines is 1. The summed E-state index contributed by atoms with van der Waals surface area (Å²) in [6.45, 7) is 0.378. The monoisotopic (exact) mass is 555 g/mol. The number of carboxylic acid groups (broad SMARTS) is 1. The number of methoxy groups -OCH3 is 1. The smallest absolute Gasteiger partial charge is 0.335 e. The van der Waals surface area contributed by atoms with Gasteiger partial charge in [-0.2, -0.15) is 0 Å². The number of halogens is 1. The molecule has 0 spiro atoms. The Hall–Kier alpha value is -3.14. The lowest BCUT2D eigenvalue weighted by atomic mass is 10.1. The van der Waals surface area contributed by atoms with Gasteiger partial charge in [0.1, 0.15) is 6.61 Å². The number of hydrogen-bond donors (Lipinski definition) is 1. The SMILES string of the molecule is COc1cc(/C=C2/SC(=S)N(c3cccc(C(=O)O)c3)C2=O)cc(Br)c1OCc1ccccc1. The van der Waals surface area contributed by atoms with Crippen molar-refractivity contribution in [2.45, 2.75) is 6.61 Å². The number of carbonyl (C=O) groups excluding carboxylic acids is 1.